The number of amides is 1. The monoisotopic (exact) mass is 347 g/mol. The number of nitrogens with zero attached hydrogens (tertiary/aromatic N) is 1. The Morgan fingerprint density at radius 1 is 1.04 bits per heavy atom. The maximum absolute atomic E-state index is 12.8. The van der Waals surface area contributed by atoms with Crippen molar-refractivity contribution in [1.82, 2.24) is 4.90 Å². The van der Waals surface area contributed by atoms with Crippen molar-refractivity contribution >= 4 is 5.91 Å². The lowest BCUT2D eigenvalue weighted by molar-refractivity contribution is -0.137. The summed E-state index contributed by atoms with van der Waals surface area (Å²) in [6.07, 6.45) is -0.801. The summed E-state index contributed by atoms with van der Waals surface area (Å²) in [7, 11) is 1.62. The maximum atomic E-state index is 12.8. The Balaban J connectivity index is 1.65. The first-order chi connectivity index (χ1) is 11.8. The molecule has 0 fully saturated rings. The molecule has 2 aromatic rings. The standard InChI is InChI=1S/C20H20F3NO/c1-24(13-15-4-2-7-18(11-15)20(21,22)23)19(25)12-14-8-9-16-5-3-6-17(16)10-14/h2,4,7-11H,3,5-6,12-13H2,1H3. The molecule has 3 rings (SSSR count). The van der Waals surface area contributed by atoms with Gasteiger partial charge in [0, 0.05) is 13.6 Å². The summed E-state index contributed by atoms with van der Waals surface area (Å²) in [6.45, 7) is 0.160. The minimum atomic E-state index is -4.37. The molecule has 5 heteroatoms. The second-order valence-electron chi connectivity index (χ2n) is 6.58. The number of aryl methyl sites for hydroxylation is 2. The number of carbonyl (C=O) groups is 1. The van der Waals surface area contributed by atoms with Crippen LogP contribution in [0.1, 0.15) is 34.2 Å². The second kappa shape index (κ2) is 6.90. The predicted octanol–water partition coefficient (Wildman–Crippen LogP) is 4.40. The molecular formula is C20H20F3NO. The molecule has 0 radical (unpaired) electrons. The van der Waals surface area contributed by atoms with Crippen molar-refractivity contribution in [2.45, 2.75) is 38.4 Å². The second-order valence-corrected chi connectivity index (χ2v) is 6.58. The molecule has 0 saturated heterocycles. The van der Waals surface area contributed by atoms with Gasteiger partial charge in [-0.1, -0.05) is 30.3 Å². The number of fused-ring (bicyclic) bond motifs is 1. The molecular weight excluding hydrogens is 327 g/mol. The van der Waals surface area contributed by atoms with Crippen LogP contribution in [0, 0.1) is 0 Å². The highest BCUT2D eigenvalue weighted by Gasteiger charge is 2.30. The van der Waals surface area contributed by atoms with Crippen molar-refractivity contribution in [3.63, 3.8) is 0 Å². The average Bonchev–Trinajstić information content (AvgIpc) is 3.02. The number of hydrogen-bond donors (Lipinski definition) is 0. The summed E-state index contributed by atoms with van der Waals surface area (Å²) in [5, 5.41) is 0. The molecule has 2 nitrogen and oxygen atoms in total. The van der Waals surface area contributed by atoms with E-state index in [0.717, 1.165) is 37.0 Å². The van der Waals surface area contributed by atoms with E-state index in [9.17, 15) is 18.0 Å². The van der Waals surface area contributed by atoms with Crippen molar-refractivity contribution in [2.75, 3.05) is 7.05 Å². The Hall–Kier alpha value is -2.30. The first-order valence-electron chi connectivity index (χ1n) is 8.34. The highest BCUT2D eigenvalue weighted by atomic mass is 19.4. The minimum absolute atomic E-state index is 0.102. The average molecular weight is 347 g/mol. The molecule has 0 aromatic heterocycles. The summed E-state index contributed by atoms with van der Waals surface area (Å²) in [4.78, 5) is 13.9. The van der Waals surface area contributed by atoms with Gasteiger partial charge in [0.1, 0.15) is 0 Å². The fraction of sp³-hybridized carbons (Fsp3) is 0.350. The predicted molar refractivity (Wildman–Crippen MR) is 90.1 cm³/mol. The van der Waals surface area contributed by atoms with Crippen molar-refractivity contribution in [3.8, 4) is 0 Å². The number of rotatable bonds is 4. The van der Waals surface area contributed by atoms with E-state index < -0.39 is 11.7 Å². The molecule has 132 valence electrons. The Morgan fingerprint density at radius 3 is 2.56 bits per heavy atom. The molecule has 0 atom stereocenters. The molecule has 1 aliphatic rings. The van der Waals surface area contributed by atoms with E-state index >= 15 is 0 Å². The van der Waals surface area contributed by atoms with Crippen molar-refractivity contribution < 1.29 is 18.0 Å². The smallest absolute Gasteiger partial charge is 0.341 e. The van der Waals surface area contributed by atoms with E-state index in [1.807, 2.05) is 6.07 Å². The minimum Gasteiger partial charge on any atom is -0.341 e. The number of benzene rings is 2. The van der Waals surface area contributed by atoms with Crippen LogP contribution in [0.3, 0.4) is 0 Å². The van der Waals surface area contributed by atoms with Gasteiger partial charge in [-0.2, -0.15) is 13.2 Å². The van der Waals surface area contributed by atoms with E-state index in [4.69, 9.17) is 0 Å². The summed E-state index contributed by atoms with van der Waals surface area (Å²) in [5.74, 6) is -0.102. The van der Waals surface area contributed by atoms with Gasteiger partial charge in [-0.3, -0.25) is 4.79 Å². The van der Waals surface area contributed by atoms with E-state index in [1.54, 1.807) is 13.1 Å². The van der Waals surface area contributed by atoms with Crippen LogP contribution >= 0.6 is 0 Å². The highest BCUT2D eigenvalue weighted by molar-refractivity contribution is 5.78. The van der Waals surface area contributed by atoms with Gasteiger partial charge in [0.2, 0.25) is 5.91 Å². The largest absolute Gasteiger partial charge is 0.416 e. The van der Waals surface area contributed by atoms with Crippen LogP contribution in [0.2, 0.25) is 0 Å². The first kappa shape index (κ1) is 17.5. The van der Waals surface area contributed by atoms with Crippen LogP contribution < -0.4 is 0 Å². The number of alkyl halides is 3. The normalized spacial score (nSPS) is 13.6. The van der Waals surface area contributed by atoms with E-state index in [2.05, 4.69) is 12.1 Å². The van der Waals surface area contributed by atoms with Gasteiger partial charge in [-0.25, -0.2) is 0 Å². The summed E-state index contributed by atoms with van der Waals surface area (Å²) in [6, 6.07) is 11.2. The van der Waals surface area contributed by atoms with Crippen molar-refractivity contribution in [3.05, 3.63) is 70.3 Å². The lowest BCUT2D eigenvalue weighted by atomic mass is 10.0. The summed E-state index contributed by atoms with van der Waals surface area (Å²) >= 11 is 0. The number of halogens is 3. The summed E-state index contributed by atoms with van der Waals surface area (Å²) < 4.78 is 38.3. The zero-order chi connectivity index (χ0) is 18.0. The molecule has 0 spiro atoms. The third-order valence-electron chi connectivity index (χ3n) is 4.62. The zero-order valence-corrected chi connectivity index (χ0v) is 14.1. The molecule has 0 saturated carbocycles. The number of likely N-dealkylation sites (N-methyl/N-ethyl adjacent to an activating group) is 1. The Labute approximate surface area is 145 Å². The molecule has 1 amide bonds. The molecule has 0 unspecified atom stereocenters. The van der Waals surface area contributed by atoms with Crippen LogP contribution in [-0.2, 0) is 36.8 Å². The molecule has 0 aliphatic heterocycles. The number of hydrogen-bond acceptors (Lipinski definition) is 1. The molecule has 2 aromatic carbocycles. The summed E-state index contributed by atoms with van der Waals surface area (Å²) in [5.41, 5.74) is 3.41. The van der Waals surface area contributed by atoms with Gasteiger partial charge in [-0.05, 0) is 53.6 Å². The van der Waals surface area contributed by atoms with Crippen LogP contribution in [0.4, 0.5) is 13.2 Å². The van der Waals surface area contributed by atoms with Crippen LogP contribution in [0.5, 0.6) is 0 Å². The fourth-order valence-electron chi connectivity index (χ4n) is 3.25. The SMILES string of the molecule is CN(Cc1cccc(C(F)(F)F)c1)C(=O)Cc1ccc2c(c1)CCC2. The third-order valence-corrected chi connectivity index (χ3v) is 4.62. The van der Waals surface area contributed by atoms with Crippen LogP contribution in [-0.4, -0.2) is 17.9 Å². The topological polar surface area (TPSA) is 20.3 Å². The third kappa shape index (κ3) is 4.21. The lowest BCUT2D eigenvalue weighted by Gasteiger charge is -2.18. The molecule has 0 bridgehead atoms. The van der Waals surface area contributed by atoms with Gasteiger partial charge in [0.05, 0.1) is 12.0 Å². The van der Waals surface area contributed by atoms with E-state index in [-0.39, 0.29) is 18.9 Å². The highest BCUT2D eigenvalue weighted by Crippen LogP contribution is 2.29. The van der Waals surface area contributed by atoms with Crippen LogP contribution in [0.25, 0.3) is 0 Å². The quantitative estimate of drug-likeness (QED) is 0.803. The van der Waals surface area contributed by atoms with E-state index in [1.165, 1.54) is 22.1 Å². The van der Waals surface area contributed by atoms with Crippen molar-refractivity contribution in [1.29, 1.82) is 0 Å². The molecule has 1 aliphatic carbocycles. The van der Waals surface area contributed by atoms with Crippen LogP contribution in [0.15, 0.2) is 42.5 Å². The van der Waals surface area contributed by atoms with Gasteiger partial charge in [0.25, 0.3) is 0 Å². The van der Waals surface area contributed by atoms with E-state index in [0.29, 0.717) is 5.56 Å². The molecule has 0 heterocycles. The van der Waals surface area contributed by atoms with Gasteiger partial charge >= 0.3 is 6.18 Å². The Kier molecular flexibility index (Phi) is 4.84. The number of carbonyl (C=O) groups excluding carboxylic acids is 1. The first-order valence-corrected chi connectivity index (χ1v) is 8.34. The molecule has 0 N–H and O–H groups in total. The van der Waals surface area contributed by atoms with Gasteiger partial charge < -0.3 is 4.90 Å². The zero-order valence-electron chi connectivity index (χ0n) is 14.1. The Bertz CT molecular complexity index is 783. The fourth-order valence-corrected chi connectivity index (χ4v) is 3.25. The van der Waals surface area contributed by atoms with Gasteiger partial charge in [-0.15, -0.1) is 0 Å². The maximum Gasteiger partial charge on any atom is 0.416 e. The Morgan fingerprint density at radius 2 is 1.80 bits per heavy atom. The van der Waals surface area contributed by atoms with Crippen molar-refractivity contribution in [2.24, 2.45) is 0 Å². The molecule has 25 heavy (non-hydrogen) atoms. The van der Waals surface area contributed by atoms with Gasteiger partial charge in [0.15, 0.2) is 0 Å². The lowest BCUT2D eigenvalue weighted by Crippen LogP contribution is -2.27.